The highest BCUT2D eigenvalue weighted by molar-refractivity contribution is 5.80. The first-order chi connectivity index (χ1) is 13.8. The molecular weight excluding hydrogens is 354 g/mol. The molecule has 156 valence electrons. The summed E-state index contributed by atoms with van der Waals surface area (Å²) in [5.74, 6) is 1.87. The van der Waals surface area contributed by atoms with E-state index in [1.165, 1.54) is 18.4 Å². The van der Waals surface area contributed by atoms with Gasteiger partial charge in [-0.2, -0.15) is 0 Å². The smallest absolute Gasteiger partial charge is 0.194 e. The van der Waals surface area contributed by atoms with Crippen molar-refractivity contribution in [2.75, 3.05) is 40.0 Å². The number of benzene rings is 1. The summed E-state index contributed by atoms with van der Waals surface area (Å²) in [4.78, 5) is 7.19. The molecule has 2 saturated heterocycles. The SMILES string of the molecule is CCNC(=NCc1ccc(OC)cc1)N1CCC(OCC2CCCCO2)CC1. The van der Waals surface area contributed by atoms with E-state index in [4.69, 9.17) is 19.2 Å². The van der Waals surface area contributed by atoms with Gasteiger partial charge in [0.1, 0.15) is 5.75 Å². The topological polar surface area (TPSA) is 55.3 Å². The van der Waals surface area contributed by atoms with Gasteiger partial charge in [-0.05, 0) is 56.7 Å². The van der Waals surface area contributed by atoms with Crippen LogP contribution in [0.3, 0.4) is 0 Å². The fourth-order valence-electron chi connectivity index (χ4n) is 3.74. The largest absolute Gasteiger partial charge is 0.497 e. The number of methoxy groups -OCH3 is 1. The molecule has 1 N–H and O–H groups in total. The molecule has 6 nitrogen and oxygen atoms in total. The molecule has 2 aliphatic heterocycles. The molecular formula is C22H35N3O3. The molecule has 0 amide bonds. The molecule has 0 radical (unpaired) electrons. The number of rotatable bonds is 7. The number of hydrogen-bond donors (Lipinski definition) is 1. The van der Waals surface area contributed by atoms with Crippen LogP contribution in [0.2, 0.25) is 0 Å². The number of nitrogens with zero attached hydrogens (tertiary/aromatic N) is 2. The standard InChI is InChI=1S/C22H35N3O3/c1-3-23-22(24-16-18-7-9-19(26-2)10-8-18)25-13-11-20(12-14-25)28-17-21-6-4-5-15-27-21/h7-10,20-21H,3-6,11-17H2,1-2H3,(H,23,24). The average Bonchev–Trinajstić information content (AvgIpc) is 2.77. The minimum atomic E-state index is 0.301. The van der Waals surface area contributed by atoms with Crippen molar-refractivity contribution in [3.05, 3.63) is 29.8 Å². The van der Waals surface area contributed by atoms with Crippen molar-refractivity contribution < 1.29 is 14.2 Å². The molecule has 3 rings (SSSR count). The normalized spacial score (nSPS) is 21.6. The van der Waals surface area contributed by atoms with Crippen molar-refractivity contribution in [2.24, 2.45) is 4.99 Å². The van der Waals surface area contributed by atoms with Gasteiger partial charge < -0.3 is 24.4 Å². The van der Waals surface area contributed by atoms with Gasteiger partial charge in [-0.3, -0.25) is 0 Å². The number of piperidine rings is 1. The van der Waals surface area contributed by atoms with Gasteiger partial charge in [0, 0.05) is 26.2 Å². The van der Waals surface area contributed by atoms with Crippen LogP contribution in [-0.4, -0.2) is 63.0 Å². The second-order valence-corrected chi connectivity index (χ2v) is 7.53. The van der Waals surface area contributed by atoms with Crippen molar-refractivity contribution in [3.63, 3.8) is 0 Å². The van der Waals surface area contributed by atoms with Crippen LogP contribution in [0.4, 0.5) is 0 Å². The van der Waals surface area contributed by atoms with Crippen molar-refractivity contribution in [1.29, 1.82) is 0 Å². The molecule has 1 aromatic rings. The minimum Gasteiger partial charge on any atom is -0.497 e. The molecule has 6 heteroatoms. The van der Waals surface area contributed by atoms with Crippen LogP contribution in [-0.2, 0) is 16.0 Å². The lowest BCUT2D eigenvalue weighted by atomic mass is 10.1. The van der Waals surface area contributed by atoms with Crippen LogP contribution in [0.1, 0.15) is 44.6 Å². The number of aliphatic imine (C=N–C) groups is 1. The van der Waals surface area contributed by atoms with Gasteiger partial charge in [0.15, 0.2) is 5.96 Å². The fourth-order valence-corrected chi connectivity index (χ4v) is 3.74. The average molecular weight is 390 g/mol. The Morgan fingerprint density at radius 1 is 1.18 bits per heavy atom. The highest BCUT2D eigenvalue weighted by Crippen LogP contribution is 2.18. The second kappa shape index (κ2) is 11.3. The Labute approximate surface area is 169 Å². The zero-order valence-corrected chi connectivity index (χ0v) is 17.4. The lowest BCUT2D eigenvalue weighted by Crippen LogP contribution is -2.47. The molecule has 2 aliphatic rings. The maximum atomic E-state index is 6.14. The molecule has 0 aliphatic carbocycles. The van der Waals surface area contributed by atoms with E-state index in [1.807, 2.05) is 12.1 Å². The van der Waals surface area contributed by atoms with Gasteiger partial charge >= 0.3 is 0 Å². The van der Waals surface area contributed by atoms with Crippen LogP contribution in [0.5, 0.6) is 5.75 Å². The van der Waals surface area contributed by atoms with Gasteiger partial charge in [0.05, 0.1) is 32.5 Å². The molecule has 1 unspecified atom stereocenters. The molecule has 2 fully saturated rings. The minimum absolute atomic E-state index is 0.301. The van der Waals surface area contributed by atoms with E-state index in [1.54, 1.807) is 7.11 Å². The maximum absolute atomic E-state index is 6.14. The summed E-state index contributed by atoms with van der Waals surface area (Å²) in [6, 6.07) is 8.10. The van der Waals surface area contributed by atoms with Crippen LogP contribution in [0, 0.1) is 0 Å². The first-order valence-corrected chi connectivity index (χ1v) is 10.7. The van der Waals surface area contributed by atoms with Crippen LogP contribution in [0.15, 0.2) is 29.3 Å². The number of guanidine groups is 1. The Morgan fingerprint density at radius 2 is 1.96 bits per heavy atom. The summed E-state index contributed by atoms with van der Waals surface area (Å²) in [5, 5.41) is 3.43. The predicted octanol–water partition coefficient (Wildman–Crippen LogP) is 3.21. The van der Waals surface area contributed by atoms with Gasteiger partial charge in [-0.25, -0.2) is 4.99 Å². The van der Waals surface area contributed by atoms with E-state index in [-0.39, 0.29) is 0 Å². The molecule has 1 aromatic carbocycles. The number of nitrogens with one attached hydrogen (secondary N) is 1. The molecule has 0 saturated carbocycles. The van der Waals surface area contributed by atoms with E-state index in [0.717, 1.165) is 63.8 Å². The van der Waals surface area contributed by atoms with E-state index in [9.17, 15) is 0 Å². The highest BCUT2D eigenvalue weighted by atomic mass is 16.5. The van der Waals surface area contributed by atoms with E-state index in [2.05, 4.69) is 29.3 Å². The molecule has 28 heavy (non-hydrogen) atoms. The summed E-state index contributed by atoms with van der Waals surface area (Å²) in [5.41, 5.74) is 1.18. The fraction of sp³-hybridized carbons (Fsp3) is 0.682. The van der Waals surface area contributed by atoms with Gasteiger partial charge in [0.25, 0.3) is 0 Å². The zero-order valence-electron chi connectivity index (χ0n) is 17.4. The molecule has 0 aromatic heterocycles. The summed E-state index contributed by atoms with van der Waals surface area (Å²) in [6.45, 7) is 7.25. The lowest BCUT2D eigenvalue weighted by Gasteiger charge is -2.35. The van der Waals surface area contributed by atoms with Crippen LogP contribution in [0.25, 0.3) is 0 Å². The van der Waals surface area contributed by atoms with Crippen molar-refractivity contribution in [1.82, 2.24) is 10.2 Å². The second-order valence-electron chi connectivity index (χ2n) is 7.53. The van der Waals surface area contributed by atoms with Gasteiger partial charge in [-0.1, -0.05) is 12.1 Å². The van der Waals surface area contributed by atoms with Crippen molar-refractivity contribution in [2.45, 2.75) is 57.8 Å². The third-order valence-electron chi connectivity index (χ3n) is 5.44. The number of hydrogen-bond acceptors (Lipinski definition) is 4. The third kappa shape index (κ3) is 6.38. The summed E-state index contributed by atoms with van der Waals surface area (Å²) in [6.07, 6.45) is 6.32. The molecule has 0 bridgehead atoms. The lowest BCUT2D eigenvalue weighted by molar-refractivity contribution is -0.0721. The monoisotopic (exact) mass is 389 g/mol. The number of ether oxygens (including phenoxy) is 3. The maximum Gasteiger partial charge on any atom is 0.194 e. The van der Waals surface area contributed by atoms with E-state index >= 15 is 0 Å². The Kier molecular flexibility index (Phi) is 8.42. The summed E-state index contributed by atoms with van der Waals surface area (Å²) < 4.78 is 17.1. The quantitative estimate of drug-likeness (QED) is 0.573. The molecule has 2 heterocycles. The summed E-state index contributed by atoms with van der Waals surface area (Å²) >= 11 is 0. The third-order valence-corrected chi connectivity index (χ3v) is 5.44. The van der Waals surface area contributed by atoms with Crippen LogP contribution < -0.4 is 10.1 Å². The Hall–Kier alpha value is -1.79. The Balaban J connectivity index is 1.46. The Bertz CT molecular complexity index is 592. The van der Waals surface area contributed by atoms with E-state index < -0.39 is 0 Å². The first kappa shape index (κ1) is 20.9. The van der Waals surface area contributed by atoms with Crippen LogP contribution >= 0.6 is 0 Å². The highest BCUT2D eigenvalue weighted by Gasteiger charge is 2.23. The van der Waals surface area contributed by atoms with Gasteiger partial charge in [0.2, 0.25) is 0 Å². The Morgan fingerprint density at radius 3 is 2.61 bits per heavy atom. The van der Waals surface area contributed by atoms with Gasteiger partial charge in [-0.15, -0.1) is 0 Å². The van der Waals surface area contributed by atoms with E-state index in [0.29, 0.717) is 18.8 Å². The van der Waals surface area contributed by atoms with Crippen molar-refractivity contribution in [3.8, 4) is 5.75 Å². The number of likely N-dealkylation sites (tertiary alicyclic amines) is 1. The zero-order chi connectivity index (χ0) is 19.6. The molecule has 0 spiro atoms. The van der Waals surface area contributed by atoms with Crippen molar-refractivity contribution >= 4 is 5.96 Å². The predicted molar refractivity (Wildman–Crippen MR) is 112 cm³/mol. The molecule has 1 atom stereocenters. The summed E-state index contributed by atoms with van der Waals surface area (Å²) in [7, 11) is 1.69. The first-order valence-electron chi connectivity index (χ1n) is 10.7.